The number of amides is 1. The lowest BCUT2D eigenvalue weighted by atomic mass is 9.73. The predicted molar refractivity (Wildman–Crippen MR) is 169 cm³/mol. The first-order valence-electron chi connectivity index (χ1n) is 14.5. The van der Waals surface area contributed by atoms with Gasteiger partial charge >= 0.3 is 0 Å². The molecule has 0 radical (unpaired) electrons. The highest BCUT2D eigenvalue weighted by Crippen LogP contribution is 2.50. The summed E-state index contributed by atoms with van der Waals surface area (Å²) < 4.78 is 23.1. The van der Waals surface area contributed by atoms with E-state index in [1.807, 2.05) is 43.3 Å². The van der Waals surface area contributed by atoms with Crippen LogP contribution in [0.25, 0.3) is 0 Å². The number of rotatable bonds is 13. The Hall–Kier alpha value is -2.01. The zero-order valence-electron chi connectivity index (χ0n) is 23.8. The molecular formula is C30H47ClN4O4S. The average molecular weight is 595 g/mol. The Balaban J connectivity index is 0.00000441. The molecule has 2 aliphatic rings. The van der Waals surface area contributed by atoms with Gasteiger partial charge in [0.15, 0.2) is 0 Å². The fraction of sp³-hybridized carbons (Fsp3) is 0.567. The number of aliphatic hydroxyl groups is 1. The van der Waals surface area contributed by atoms with Gasteiger partial charge in [0, 0.05) is 36.4 Å². The molecule has 6 N–H and O–H groups in total. The zero-order chi connectivity index (χ0) is 27.9. The first-order chi connectivity index (χ1) is 18.7. The van der Waals surface area contributed by atoms with E-state index in [-0.39, 0.29) is 23.9 Å². The summed E-state index contributed by atoms with van der Waals surface area (Å²) in [6.07, 6.45) is 7.01. The number of hydrogen-bond acceptors (Lipinski definition) is 7. The van der Waals surface area contributed by atoms with Gasteiger partial charge in [0.05, 0.1) is 23.6 Å². The minimum absolute atomic E-state index is 0. The van der Waals surface area contributed by atoms with Crippen LogP contribution in [0.4, 0.5) is 11.4 Å². The molecule has 1 amide bonds. The van der Waals surface area contributed by atoms with Crippen LogP contribution in [0.2, 0.25) is 0 Å². The van der Waals surface area contributed by atoms with Crippen LogP contribution < -0.4 is 20.3 Å². The van der Waals surface area contributed by atoms with Gasteiger partial charge in [-0.1, -0.05) is 43.7 Å². The van der Waals surface area contributed by atoms with Gasteiger partial charge in [0.25, 0.3) is 5.91 Å². The minimum Gasteiger partial charge on any atom is -0.390 e. The lowest BCUT2D eigenvalue weighted by Gasteiger charge is -2.47. The maximum atomic E-state index is 13.7. The van der Waals surface area contributed by atoms with Crippen molar-refractivity contribution in [1.29, 1.82) is 0 Å². The number of β-amino-alcohol motifs (C(OH)–C–C–N with tert-alkyl or cyclic N) is 1. The van der Waals surface area contributed by atoms with Gasteiger partial charge in [-0.25, -0.2) is 0 Å². The molecule has 4 rings (SSSR count). The number of carbonyl (C=O) groups is 1. The van der Waals surface area contributed by atoms with Crippen molar-refractivity contribution in [3.05, 3.63) is 59.7 Å². The van der Waals surface area contributed by atoms with Gasteiger partial charge < -0.3 is 21.1 Å². The lowest BCUT2D eigenvalue weighted by Crippen LogP contribution is -2.56. The Morgan fingerprint density at radius 3 is 2.45 bits per heavy atom. The summed E-state index contributed by atoms with van der Waals surface area (Å²) in [6.45, 7) is 5.78. The molecule has 1 aliphatic heterocycles. The first-order valence-corrected chi connectivity index (χ1v) is 16.1. The van der Waals surface area contributed by atoms with Crippen molar-refractivity contribution in [1.82, 2.24) is 10.6 Å². The highest BCUT2D eigenvalue weighted by Gasteiger charge is 2.36. The summed E-state index contributed by atoms with van der Waals surface area (Å²) in [5.41, 5.74) is 2.92. The molecule has 0 bridgehead atoms. The van der Waals surface area contributed by atoms with Crippen molar-refractivity contribution in [2.45, 2.75) is 82.9 Å². The number of carbonyl (C=O) groups excluding carboxylic acids is 1. The Morgan fingerprint density at radius 1 is 1.07 bits per heavy atom. The number of hydrogen-bond donors (Lipinski definition) is 6. The molecule has 2 atom stereocenters. The van der Waals surface area contributed by atoms with Crippen LogP contribution in [0, 0.1) is 0 Å². The molecule has 0 spiro atoms. The second-order valence-corrected chi connectivity index (χ2v) is 13.2. The molecule has 0 aromatic heterocycles. The van der Waals surface area contributed by atoms with E-state index in [9.17, 15) is 19.0 Å². The number of nitrogens with one attached hydrogen (secondary N) is 3. The predicted octanol–water partition coefficient (Wildman–Crippen LogP) is 5.82. The summed E-state index contributed by atoms with van der Waals surface area (Å²) in [5.74, 6) is 0.0362. The summed E-state index contributed by atoms with van der Waals surface area (Å²) in [5, 5.41) is 21.3. The van der Waals surface area contributed by atoms with Crippen molar-refractivity contribution in [3.63, 3.8) is 0 Å². The fourth-order valence-corrected chi connectivity index (χ4v) is 7.44. The summed E-state index contributed by atoms with van der Waals surface area (Å²) >= 11 is 0. The van der Waals surface area contributed by atoms with Gasteiger partial charge in [-0.05, 0) is 75.6 Å². The molecule has 2 fully saturated rings. The number of anilines is 2. The smallest absolute Gasteiger partial charge is 0.251 e. The third kappa shape index (κ3) is 8.27. The van der Waals surface area contributed by atoms with E-state index in [1.165, 1.54) is 6.42 Å². The highest BCUT2D eigenvalue weighted by molar-refractivity contribution is 8.25. The second kappa shape index (κ2) is 14.8. The number of benzene rings is 2. The molecular weight excluding hydrogens is 548 g/mol. The molecule has 1 aliphatic carbocycles. The van der Waals surface area contributed by atoms with Crippen molar-refractivity contribution in [2.24, 2.45) is 0 Å². The SMILES string of the molecule is CCCC1(NC[C@@H](O)[C@H](Cc2ccccc2)NC(=O)c2cc(NCC)cc(N3CCCCS3(O)O)c2)CCC1.Cl. The molecule has 224 valence electrons. The number of halogens is 1. The molecule has 1 heterocycles. The van der Waals surface area contributed by atoms with Gasteiger partial charge in [-0.3, -0.25) is 18.2 Å². The Kier molecular flexibility index (Phi) is 12.0. The van der Waals surface area contributed by atoms with Gasteiger partial charge in [0.1, 0.15) is 0 Å². The Bertz CT molecular complexity index is 1090. The van der Waals surface area contributed by atoms with Gasteiger partial charge in [-0.15, -0.1) is 23.2 Å². The van der Waals surface area contributed by atoms with E-state index in [4.69, 9.17) is 0 Å². The minimum atomic E-state index is -2.93. The van der Waals surface area contributed by atoms with Crippen molar-refractivity contribution >= 4 is 40.5 Å². The molecule has 2 aromatic carbocycles. The van der Waals surface area contributed by atoms with Gasteiger partial charge in [0.2, 0.25) is 0 Å². The maximum Gasteiger partial charge on any atom is 0.251 e. The van der Waals surface area contributed by atoms with Crippen LogP contribution in [0.5, 0.6) is 0 Å². The lowest BCUT2D eigenvalue weighted by molar-refractivity contribution is 0.0746. The van der Waals surface area contributed by atoms with E-state index in [1.54, 1.807) is 16.4 Å². The third-order valence-corrected chi connectivity index (χ3v) is 9.97. The molecule has 1 saturated carbocycles. The summed E-state index contributed by atoms with van der Waals surface area (Å²) in [7, 11) is -2.93. The monoisotopic (exact) mass is 594 g/mol. The fourth-order valence-electron chi connectivity index (χ4n) is 5.76. The van der Waals surface area contributed by atoms with E-state index in [0.717, 1.165) is 49.8 Å². The second-order valence-electron chi connectivity index (χ2n) is 11.0. The number of nitrogens with zero attached hydrogens (tertiary/aromatic N) is 1. The average Bonchev–Trinajstić information content (AvgIpc) is 2.90. The van der Waals surface area contributed by atoms with E-state index >= 15 is 0 Å². The largest absolute Gasteiger partial charge is 0.390 e. The summed E-state index contributed by atoms with van der Waals surface area (Å²) in [4.78, 5) is 13.7. The van der Waals surface area contributed by atoms with Crippen molar-refractivity contribution in [3.8, 4) is 0 Å². The van der Waals surface area contributed by atoms with Crippen LogP contribution in [0.15, 0.2) is 48.5 Å². The topological polar surface area (TPSA) is 117 Å². The maximum absolute atomic E-state index is 13.7. The van der Waals surface area contributed by atoms with Crippen molar-refractivity contribution in [2.75, 3.05) is 35.0 Å². The third-order valence-electron chi connectivity index (χ3n) is 8.04. The van der Waals surface area contributed by atoms with Crippen LogP contribution in [-0.2, 0) is 6.42 Å². The molecule has 1 saturated heterocycles. The van der Waals surface area contributed by atoms with E-state index in [2.05, 4.69) is 22.9 Å². The standard InChI is InChI=1S/C30H46N4O4S.ClH/c1-3-13-30(14-10-15-30)32-22-28(35)27(18-23-11-6-5-7-12-23)33-29(36)24-19-25(31-4-2)21-26(20-24)34-16-8-9-17-39(34,37)38;/h5-7,11-12,19-21,27-28,31-32,35,37-38H,3-4,8-10,13-18,22H2,1-2H3,(H,33,36);1H/t27-,28+;/m0./s1. The van der Waals surface area contributed by atoms with Crippen LogP contribution in [0.3, 0.4) is 0 Å². The Morgan fingerprint density at radius 2 is 1.82 bits per heavy atom. The normalized spacial score (nSPS) is 19.9. The van der Waals surface area contributed by atoms with E-state index < -0.39 is 22.9 Å². The zero-order valence-corrected chi connectivity index (χ0v) is 25.4. The van der Waals surface area contributed by atoms with Gasteiger partial charge in [-0.2, -0.15) is 0 Å². The van der Waals surface area contributed by atoms with Crippen LogP contribution in [-0.4, -0.2) is 63.2 Å². The molecule has 40 heavy (non-hydrogen) atoms. The van der Waals surface area contributed by atoms with Crippen LogP contribution in [0.1, 0.15) is 74.7 Å². The molecule has 0 unspecified atom stereocenters. The van der Waals surface area contributed by atoms with Crippen LogP contribution >= 0.6 is 23.2 Å². The highest BCUT2D eigenvalue weighted by atomic mass is 35.5. The quantitative estimate of drug-likeness (QED) is 0.173. The molecule has 2 aromatic rings. The molecule has 10 heteroatoms. The molecule has 8 nitrogen and oxygen atoms in total. The van der Waals surface area contributed by atoms with E-state index in [0.29, 0.717) is 43.1 Å². The number of aliphatic hydroxyl groups excluding tert-OH is 1. The first kappa shape index (κ1) is 32.5. The summed E-state index contributed by atoms with van der Waals surface area (Å²) in [6, 6.07) is 14.8. The van der Waals surface area contributed by atoms with Crippen molar-refractivity contribution < 1.29 is 19.0 Å². The Labute approximate surface area is 247 Å².